The molecule has 0 heterocycles. The highest BCUT2D eigenvalue weighted by molar-refractivity contribution is 4.81. The molecule has 0 aromatic carbocycles. The van der Waals surface area contributed by atoms with Gasteiger partial charge in [-0.3, -0.25) is 4.90 Å². The molecule has 1 nitrogen and oxygen atoms in total. The molecule has 0 aromatic rings. The van der Waals surface area contributed by atoms with Crippen molar-refractivity contribution in [3.8, 4) is 0 Å². The molecule has 344 valence electrons. The maximum atomic E-state index is 3.23. The number of rotatable bonds is 45. The van der Waals surface area contributed by atoms with Gasteiger partial charge in [-0.1, -0.05) is 287 Å². The lowest BCUT2D eigenvalue weighted by molar-refractivity contribution is 0.0958. The quantitative estimate of drug-likeness (QED) is 0.0555. The maximum Gasteiger partial charge on any atom is 0.00981 e. The Kier molecular flexibility index (Phi) is 41.3. The normalized spacial score (nSPS) is 13.6. The number of unbranched alkanes of at least 4 members (excludes halogenated alkanes) is 31. The Hall–Kier alpha value is -0.0400. The molecule has 0 aliphatic rings. The van der Waals surface area contributed by atoms with Crippen molar-refractivity contribution in [3.05, 3.63) is 0 Å². The fourth-order valence-corrected chi connectivity index (χ4v) is 9.56. The van der Waals surface area contributed by atoms with Crippen LogP contribution in [0.2, 0.25) is 0 Å². The van der Waals surface area contributed by atoms with Crippen molar-refractivity contribution < 1.29 is 0 Å². The van der Waals surface area contributed by atoms with Crippen molar-refractivity contribution in [2.75, 3.05) is 6.54 Å². The van der Waals surface area contributed by atoms with Crippen LogP contribution in [0.5, 0.6) is 0 Å². The Morgan fingerprint density at radius 1 is 0.263 bits per heavy atom. The third-order valence-corrected chi connectivity index (χ3v) is 13.4. The zero-order valence-electron chi connectivity index (χ0n) is 42.0. The number of hydrogen-bond acceptors (Lipinski definition) is 1. The van der Waals surface area contributed by atoms with E-state index in [4.69, 9.17) is 0 Å². The van der Waals surface area contributed by atoms with Gasteiger partial charge in [0.15, 0.2) is 0 Å². The van der Waals surface area contributed by atoms with Crippen molar-refractivity contribution in [2.24, 2.45) is 10.8 Å². The summed E-state index contributed by atoms with van der Waals surface area (Å²) in [6.45, 7) is 22.9. The Morgan fingerprint density at radius 2 is 0.474 bits per heavy atom. The van der Waals surface area contributed by atoms with Gasteiger partial charge in [-0.05, 0) is 62.3 Å². The predicted molar refractivity (Wildman–Crippen MR) is 264 cm³/mol. The van der Waals surface area contributed by atoms with Crippen LogP contribution in [-0.2, 0) is 0 Å². The molecule has 0 aliphatic heterocycles. The molecule has 2 unspecified atom stereocenters. The van der Waals surface area contributed by atoms with Crippen LogP contribution in [0.25, 0.3) is 0 Å². The average Bonchev–Trinajstić information content (AvgIpc) is 3.16. The molecule has 0 aromatic heterocycles. The molecule has 0 spiro atoms. The van der Waals surface area contributed by atoms with E-state index in [9.17, 15) is 0 Å². The molecule has 0 rings (SSSR count). The van der Waals surface area contributed by atoms with Gasteiger partial charge < -0.3 is 0 Å². The molecule has 0 fully saturated rings. The fraction of sp³-hybridized carbons (Fsp3) is 1.00. The monoisotopic (exact) mass is 802 g/mol. The summed E-state index contributed by atoms with van der Waals surface area (Å²) in [5.74, 6) is 0. The summed E-state index contributed by atoms with van der Waals surface area (Å²) in [5, 5.41) is 0. The first kappa shape index (κ1) is 57.0. The smallest absolute Gasteiger partial charge is 0.00981 e. The van der Waals surface area contributed by atoms with Crippen LogP contribution in [0.1, 0.15) is 332 Å². The lowest BCUT2D eigenvalue weighted by Gasteiger charge is -2.39. The lowest BCUT2D eigenvalue weighted by atomic mass is 9.89. The molecular weight excluding hydrogens is 687 g/mol. The summed E-state index contributed by atoms with van der Waals surface area (Å²) in [6.07, 6.45) is 60.9. The topological polar surface area (TPSA) is 3.24 Å². The third kappa shape index (κ3) is 42.4. The summed E-state index contributed by atoms with van der Waals surface area (Å²) >= 11 is 0. The Labute approximate surface area is 365 Å². The number of hydrogen-bond donors (Lipinski definition) is 0. The Bertz CT molecular complexity index is 702. The highest BCUT2D eigenvalue weighted by Gasteiger charge is 2.25. The summed E-state index contributed by atoms with van der Waals surface area (Å²) in [6, 6.07) is 1.65. The highest BCUT2D eigenvalue weighted by atomic mass is 15.2. The molecule has 2 atom stereocenters. The Morgan fingerprint density at radius 3 is 0.719 bits per heavy atom. The molecule has 0 saturated heterocycles. The van der Waals surface area contributed by atoms with E-state index in [1.807, 2.05) is 0 Å². The van der Waals surface area contributed by atoms with Crippen molar-refractivity contribution >= 4 is 0 Å². The minimum absolute atomic E-state index is 0.499. The second-order valence-corrected chi connectivity index (χ2v) is 22.0. The first-order valence-electron chi connectivity index (χ1n) is 27.3. The van der Waals surface area contributed by atoms with Crippen LogP contribution in [-0.4, -0.2) is 23.5 Å². The zero-order valence-corrected chi connectivity index (χ0v) is 42.0. The molecule has 0 amide bonds. The summed E-state index contributed by atoms with van der Waals surface area (Å²) < 4.78 is 0. The van der Waals surface area contributed by atoms with Crippen molar-refractivity contribution in [1.29, 1.82) is 0 Å². The molecular formula is C56H115N. The zero-order chi connectivity index (χ0) is 42.1. The molecule has 0 bridgehead atoms. The molecule has 0 saturated carbocycles. The van der Waals surface area contributed by atoms with E-state index in [2.05, 4.69) is 67.2 Å². The van der Waals surface area contributed by atoms with E-state index >= 15 is 0 Å². The molecule has 1 heteroatoms. The highest BCUT2D eigenvalue weighted by Crippen LogP contribution is 2.29. The fourth-order valence-electron chi connectivity index (χ4n) is 9.56. The third-order valence-electron chi connectivity index (χ3n) is 13.4. The van der Waals surface area contributed by atoms with Crippen LogP contribution < -0.4 is 0 Å². The molecule has 0 radical (unpaired) electrons. The van der Waals surface area contributed by atoms with Gasteiger partial charge in [0.1, 0.15) is 0 Å². The maximum absolute atomic E-state index is 3.23. The van der Waals surface area contributed by atoms with Gasteiger partial charge in [-0.15, -0.1) is 0 Å². The van der Waals surface area contributed by atoms with Gasteiger partial charge in [-0.2, -0.15) is 0 Å². The second-order valence-electron chi connectivity index (χ2n) is 22.0. The lowest BCUT2D eigenvalue weighted by Crippen LogP contribution is -2.44. The minimum Gasteiger partial charge on any atom is -0.297 e. The van der Waals surface area contributed by atoms with E-state index < -0.39 is 0 Å². The number of nitrogens with zero attached hydrogens (tertiary/aromatic N) is 1. The first-order valence-corrected chi connectivity index (χ1v) is 27.3. The summed E-state index contributed by atoms with van der Waals surface area (Å²) in [4.78, 5) is 3.23. The van der Waals surface area contributed by atoms with Gasteiger partial charge in [0.2, 0.25) is 0 Å². The molecule has 57 heavy (non-hydrogen) atoms. The minimum atomic E-state index is 0.499. The summed E-state index contributed by atoms with van der Waals surface area (Å²) in [5.41, 5.74) is 0.997. The van der Waals surface area contributed by atoms with Gasteiger partial charge in [0.25, 0.3) is 0 Å². The van der Waals surface area contributed by atoms with Crippen LogP contribution >= 0.6 is 0 Å². The Balaban J connectivity index is 5.72. The van der Waals surface area contributed by atoms with Gasteiger partial charge in [-0.25, -0.2) is 0 Å². The van der Waals surface area contributed by atoms with Crippen LogP contribution in [0.15, 0.2) is 0 Å². The summed E-state index contributed by atoms with van der Waals surface area (Å²) in [7, 11) is 0. The predicted octanol–water partition coefficient (Wildman–Crippen LogP) is 20.6. The van der Waals surface area contributed by atoms with E-state index in [1.165, 1.54) is 276 Å². The van der Waals surface area contributed by atoms with E-state index in [0.717, 1.165) is 12.1 Å². The van der Waals surface area contributed by atoms with E-state index in [0.29, 0.717) is 10.8 Å². The van der Waals surface area contributed by atoms with Crippen molar-refractivity contribution in [2.45, 2.75) is 344 Å². The SMILES string of the molecule is CCCCCCCCCCC(CCCCCCCCC(C)(C)C)N(CCCCCCCCCC)C(CCCCCCCCCC)CCCCCCCCC(C)(C)C. The van der Waals surface area contributed by atoms with E-state index in [1.54, 1.807) is 0 Å². The van der Waals surface area contributed by atoms with E-state index in [-0.39, 0.29) is 0 Å². The average molecular weight is 803 g/mol. The van der Waals surface area contributed by atoms with Crippen LogP contribution in [0, 0.1) is 10.8 Å². The van der Waals surface area contributed by atoms with Gasteiger partial charge in [0.05, 0.1) is 0 Å². The van der Waals surface area contributed by atoms with Gasteiger partial charge >= 0.3 is 0 Å². The van der Waals surface area contributed by atoms with Crippen LogP contribution in [0.3, 0.4) is 0 Å². The van der Waals surface area contributed by atoms with Gasteiger partial charge in [0, 0.05) is 12.1 Å². The standard InChI is InChI=1S/C56H115N/c1-10-13-16-19-22-25-32-39-46-53(48-41-34-27-29-36-43-50-55(4,5)6)57(52-45-38-31-24-21-18-15-12-3)54(47-40-33-26-23-20-17-14-11-2)49-42-35-28-30-37-44-51-56(7,8)9/h53-54H,10-52H2,1-9H3. The molecule has 0 N–H and O–H groups in total. The van der Waals surface area contributed by atoms with Crippen molar-refractivity contribution in [3.63, 3.8) is 0 Å². The second kappa shape index (κ2) is 41.3. The molecule has 0 aliphatic carbocycles. The first-order chi connectivity index (χ1) is 27.5. The van der Waals surface area contributed by atoms with Crippen LogP contribution in [0.4, 0.5) is 0 Å². The van der Waals surface area contributed by atoms with Crippen molar-refractivity contribution in [1.82, 2.24) is 4.90 Å². The largest absolute Gasteiger partial charge is 0.297 e.